The van der Waals surface area contributed by atoms with E-state index in [1.165, 1.54) is 10.6 Å². The molecule has 0 heterocycles. The average molecular weight is 502 g/mol. The zero-order chi connectivity index (χ0) is 26.2. The summed E-state index contributed by atoms with van der Waals surface area (Å²) in [4.78, 5) is 27.8. The maximum Gasteiger partial charge on any atom is 0.242 e. The van der Waals surface area contributed by atoms with Gasteiger partial charge >= 0.3 is 0 Å². The van der Waals surface area contributed by atoms with Gasteiger partial charge in [0.1, 0.15) is 6.04 Å². The third-order valence-corrected chi connectivity index (χ3v) is 7.52. The van der Waals surface area contributed by atoms with Crippen LogP contribution in [-0.4, -0.2) is 50.5 Å². The Kier molecular flexibility index (Phi) is 10.3. The molecule has 0 aliphatic carbocycles. The van der Waals surface area contributed by atoms with E-state index in [0.29, 0.717) is 31.6 Å². The first-order valence-corrected chi connectivity index (χ1v) is 14.0. The van der Waals surface area contributed by atoms with E-state index in [9.17, 15) is 18.0 Å². The Balaban J connectivity index is 2.25. The van der Waals surface area contributed by atoms with E-state index in [0.717, 1.165) is 22.3 Å². The molecule has 0 unspecified atom stereocenters. The van der Waals surface area contributed by atoms with Crippen molar-refractivity contribution in [3.05, 3.63) is 64.7 Å². The molecule has 0 aromatic heterocycles. The van der Waals surface area contributed by atoms with E-state index in [1.807, 2.05) is 71.0 Å². The lowest BCUT2D eigenvalue weighted by molar-refractivity contribution is -0.141. The van der Waals surface area contributed by atoms with Crippen LogP contribution in [0.5, 0.6) is 0 Å². The minimum atomic E-state index is -3.53. The Labute approximate surface area is 210 Å². The predicted octanol–water partition coefficient (Wildman–Crippen LogP) is 4.10. The molecule has 0 aliphatic rings. The molecule has 7 nitrogen and oxygen atoms in total. The molecule has 2 aromatic carbocycles. The number of amides is 2. The fraction of sp³-hybridized carbons (Fsp3) is 0.481. The number of nitrogens with zero attached hydrogens (tertiary/aromatic N) is 2. The number of carbonyl (C=O) groups excluding carboxylic acids is 2. The summed E-state index contributed by atoms with van der Waals surface area (Å²) in [6.45, 7) is 10.6. The summed E-state index contributed by atoms with van der Waals surface area (Å²) in [6.07, 6.45) is 2.15. The van der Waals surface area contributed by atoms with Gasteiger partial charge in [0.15, 0.2) is 0 Å². The van der Waals surface area contributed by atoms with Crippen LogP contribution in [0.25, 0.3) is 0 Å². The highest BCUT2D eigenvalue weighted by atomic mass is 32.2. The molecular formula is C27H39N3O4S. The van der Waals surface area contributed by atoms with Crippen LogP contribution in [0.2, 0.25) is 0 Å². The molecule has 1 atom stereocenters. The van der Waals surface area contributed by atoms with Crippen LogP contribution in [0.1, 0.15) is 55.4 Å². The van der Waals surface area contributed by atoms with Crippen LogP contribution in [0.15, 0.2) is 42.5 Å². The van der Waals surface area contributed by atoms with Crippen LogP contribution in [0.3, 0.4) is 0 Å². The second-order valence-electron chi connectivity index (χ2n) is 8.92. The molecule has 8 heteroatoms. The maximum atomic E-state index is 13.4. The van der Waals surface area contributed by atoms with Gasteiger partial charge in [-0.25, -0.2) is 8.42 Å². The number of anilines is 1. The molecule has 0 saturated heterocycles. The van der Waals surface area contributed by atoms with Crippen LogP contribution in [0.4, 0.5) is 5.69 Å². The Morgan fingerprint density at radius 1 is 0.971 bits per heavy atom. The Bertz CT molecular complexity index is 1130. The zero-order valence-electron chi connectivity index (χ0n) is 21.8. The number of likely N-dealkylation sites (N-methyl/N-ethyl adjacent to an activating group) is 1. The topological polar surface area (TPSA) is 86.8 Å². The molecule has 0 saturated carbocycles. The van der Waals surface area contributed by atoms with Crippen molar-refractivity contribution in [2.24, 2.45) is 0 Å². The minimum absolute atomic E-state index is 0.138. The van der Waals surface area contributed by atoms with Gasteiger partial charge in [0, 0.05) is 26.1 Å². The number of nitrogens with one attached hydrogen (secondary N) is 1. The first-order chi connectivity index (χ1) is 16.5. The highest BCUT2D eigenvalue weighted by molar-refractivity contribution is 7.92. The summed E-state index contributed by atoms with van der Waals surface area (Å²) < 4.78 is 26.5. The van der Waals surface area contributed by atoms with Crippen molar-refractivity contribution in [2.45, 2.75) is 66.5 Å². The maximum absolute atomic E-state index is 13.4. The zero-order valence-corrected chi connectivity index (χ0v) is 22.6. The Morgan fingerprint density at radius 2 is 1.63 bits per heavy atom. The molecule has 0 fully saturated rings. The summed E-state index contributed by atoms with van der Waals surface area (Å²) in [5.41, 5.74) is 4.56. The SMILES string of the molecule is CCNC(=O)[C@H](CC)N(Cc1ccccc1C)C(=O)CCCN(c1cccc(C)c1C)S(C)(=O)=O. The van der Waals surface area contributed by atoms with Crippen molar-refractivity contribution in [2.75, 3.05) is 23.7 Å². The number of hydrogen-bond donors (Lipinski definition) is 1. The van der Waals surface area contributed by atoms with E-state index in [4.69, 9.17) is 0 Å². The molecule has 35 heavy (non-hydrogen) atoms. The summed E-state index contributed by atoms with van der Waals surface area (Å²) >= 11 is 0. The number of benzene rings is 2. The molecule has 2 aromatic rings. The Hall–Kier alpha value is -2.87. The lowest BCUT2D eigenvalue weighted by atomic mass is 10.0. The van der Waals surface area contributed by atoms with Gasteiger partial charge < -0.3 is 10.2 Å². The Morgan fingerprint density at radius 3 is 2.23 bits per heavy atom. The van der Waals surface area contributed by atoms with Crippen molar-refractivity contribution in [3.8, 4) is 0 Å². The molecule has 0 spiro atoms. The van der Waals surface area contributed by atoms with Crippen LogP contribution in [0, 0.1) is 20.8 Å². The van der Waals surface area contributed by atoms with E-state index in [2.05, 4.69) is 5.32 Å². The van der Waals surface area contributed by atoms with Crippen molar-refractivity contribution in [1.82, 2.24) is 10.2 Å². The van der Waals surface area contributed by atoms with Gasteiger partial charge in [0.05, 0.1) is 11.9 Å². The first-order valence-electron chi connectivity index (χ1n) is 12.2. The van der Waals surface area contributed by atoms with Gasteiger partial charge in [-0.3, -0.25) is 13.9 Å². The fourth-order valence-corrected chi connectivity index (χ4v) is 5.19. The monoisotopic (exact) mass is 501 g/mol. The highest BCUT2D eigenvalue weighted by Crippen LogP contribution is 2.25. The third-order valence-electron chi connectivity index (χ3n) is 6.34. The normalized spacial score (nSPS) is 12.2. The van der Waals surface area contributed by atoms with Gasteiger partial charge in [-0.05, 0) is 68.9 Å². The average Bonchev–Trinajstić information content (AvgIpc) is 2.79. The fourth-order valence-electron chi connectivity index (χ4n) is 4.17. The van der Waals surface area contributed by atoms with E-state index in [-0.39, 0.29) is 24.8 Å². The summed E-state index contributed by atoms with van der Waals surface area (Å²) in [7, 11) is -3.53. The number of rotatable bonds is 12. The standard InChI is InChI=1S/C27H39N3O4S/c1-7-24(27(32)28-8-2)29(19-23-15-10-9-13-21(23)4)26(31)17-12-18-30(35(6,33)34)25-16-11-14-20(3)22(25)5/h9-11,13-16,24H,7-8,12,17-19H2,1-6H3,(H,28,32)/t24-/m0/s1. The molecule has 2 rings (SSSR count). The second kappa shape index (κ2) is 12.7. The predicted molar refractivity (Wildman–Crippen MR) is 142 cm³/mol. The number of aryl methyl sites for hydroxylation is 2. The number of sulfonamides is 1. The van der Waals surface area contributed by atoms with Crippen LogP contribution in [-0.2, 0) is 26.2 Å². The molecule has 0 radical (unpaired) electrons. The van der Waals surface area contributed by atoms with E-state index < -0.39 is 16.1 Å². The lowest BCUT2D eigenvalue weighted by Gasteiger charge is -2.31. The molecule has 0 bridgehead atoms. The van der Waals surface area contributed by atoms with Gasteiger partial charge in [0.2, 0.25) is 21.8 Å². The smallest absolute Gasteiger partial charge is 0.242 e. The lowest BCUT2D eigenvalue weighted by Crippen LogP contribution is -2.49. The highest BCUT2D eigenvalue weighted by Gasteiger charge is 2.29. The minimum Gasteiger partial charge on any atom is -0.355 e. The largest absolute Gasteiger partial charge is 0.355 e. The quantitative estimate of drug-likeness (QED) is 0.474. The third kappa shape index (κ3) is 7.56. The molecule has 1 N–H and O–H groups in total. The molecule has 2 amide bonds. The number of carbonyl (C=O) groups is 2. The molecular weight excluding hydrogens is 462 g/mol. The van der Waals surface area contributed by atoms with Gasteiger partial charge in [-0.15, -0.1) is 0 Å². The molecule has 0 aliphatic heterocycles. The van der Waals surface area contributed by atoms with Crippen molar-refractivity contribution in [1.29, 1.82) is 0 Å². The summed E-state index contributed by atoms with van der Waals surface area (Å²) in [6, 6.07) is 12.8. The second-order valence-corrected chi connectivity index (χ2v) is 10.8. The molecule has 192 valence electrons. The summed E-state index contributed by atoms with van der Waals surface area (Å²) in [5.74, 6) is -0.342. The van der Waals surface area contributed by atoms with Crippen LogP contribution < -0.4 is 9.62 Å². The van der Waals surface area contributed by atoms with Gasteiger partial charge in [-0.2, -0.15) is 0 Å². The number of hydrogen-bond acceptors (Lipinski definition) is 4. The first kappa shape index (κ1) is 28.4. The van der Waals surface area contributed by atoms with Crippen molar-refractivity contribution in [3.63, 3.8) is 0 Å². The van der Waals surface area contributed by atoms with Crippen LogP contribution >= 0.6 is 0 Å². The van der Waals surface area contributed by atoms with E-state index in [1.54, 1.807) is 11.0 Å². The van der Waals surface area contributed by atoms with E-state index >= 15 is 0 Å². The van der Waals surface area contributed by atoms with Crippen molar-refractivity contribution < 1.29 is 18.0 Å². The van der Waals surface area contributed by atoms with Crippen molar-refractivity contribution >= 4 is 27.5 Å². The summed E-state index contributed by atoms with van der Waals surface area (Å²) in [5, 5.41) is 2.84. The van der Waals surface area contributed by atoms with Gasteiger partial charge in [-0.1, -0.05) is 43.3 Å². The van der Waals surface area contributed by atoms with Gasteiger partial charge in [0.25, 0.3) is 0 Å².